The van der Waals surface area contributed by atoms with Gasteiger partial charge in [-0.05, 0) is 24.6 Å². The number of carboxylic acid groups (broad SMARTS) is 3. The highest BCUT2D eigenvalue weighted by Gasteiger charge is 2.43. The smallest absolute Gasteiger partial charge is 0.336 e. The molecular weight excluding hydrogens is 484 g/mol. The van der Waals surface area contributed by atoms with Gasteiger partial charge >= 0.3 is 17.9 Å². The molecule has 0 atom stereocenters. The molecule has 0 bridgehead atoms. The summed E-state index contributed by atoms with van der Waals surface area (Å²) in [6.07, 6.45) is -2.29. The quantitative estimate of drug-likeness (QED) is 0.350. The lowest BCUT2D eigenvalue weighted by Crippen LogP contribution is -2.42. The summed E-state index contributed by atoms with van der Waals surface area (Å²) in [6, 6.07) is 27.7. The van der Waals surface area contributed by atoms with Crippen LogP contribution in [-0.2, 0) is 24.7 Å². The minimum absolute atomic E-state index is 0.533. The maximum absolute atomic E-state index is 10.3. The monoisotopic (exact) mass is 510 g/mol. The van der Waals surface area contributed by atoms with Crippen LogP contribution < -0.4 is 0 Å². The largest absolute Gasteiger partial charge is 0.481 e. The Bertz CT molecular complexity index is 1180. The Morgan fingerprint density at radius 3 is 1.64 bits per heavy atom. The van der Waals surface area contributed by atoms with Crippen molar-refractivity contribution >= 4 is 29.7 Å². The van der Waals surface area contributed by atoms with Crippen LogP contribution in [0.3, 0.4) is 0 Å². The minimum atomic E-state index is -2.74. The fraction of sp³-hybridized carbons (Fsp3) is 0.222. The molecule has 8 nitrogen and oxygen atoms in total. The fourth-order valence-corrected chi connectivity index (χ4v) is 5.28. The fourth-order valence-electron chi connectivity index (χ4n) is 4.11. The molecule has 1 aliphatic heterocycles. The molecular formula is C27H26O8S. The lowest BCUT2D eigenvalue weighted by molar-refractivity contribution is -0.170. The number of aliphatic carboxylic acids is 3. The van der Waals surface area contributed by atoms with Crippen LogP contribution in [0.15, 0.2) is 88.7 Å². The molecule has 3 aromatic carbocycles. The summed E-state index contributed by atoms with van der Waals surface area (Å²) in [6.45, 7) is 2.72. The zero-order valence-corrected chi connectivity index (χ0v) is 20.3. The number of carbonyl (C=O) groups is 3. The first-order valence-electron chi connectivity index (χ1n) is 11.1. The first kappa shape index (κ1) is 26.9. The predicted molar refractivity (Wildman–Crippen MR) is 132 cm³/mol. The van der Waals surface area contributed by atoms with Gasteiger partial charge < -0.3 is 25.2 Å². The lowest BCUT2D eigenvalue weighted by atomic mass is 9.79. The summed E-state index contributed by atoms with van der Waals surface area (Å²) in [5.41, 5.74) is 0.377. The number of aliphatic hydroxyl groups is 1. The van der Waals surface area contributed by atoms with E-state index in [4.69, 9.17) is 25.2 Å². The third kappa shape index (κ3) is 5.59. The van der Waals surface area contributed by atoms with Crippen molar-refractivity contribution in [2.24, 2.45) is 0 Å². The van der Waals surface area contributed by atoms with Gasteiger partial charge in [-0.25, -0.2) is 4.79 Å². The summed E-state index contributed by atoms with van der Waals surface area (Å²) in [7, 11) is 0. The number of benzene rings is 3. The second-order valence-electron chi connectivity index (χ2n) is 8.05. The van der Waals surface area contributed by atoms with Crippen LogP contribution in [0.25, 0.3) is 0 Å². The summed E-state index contributed by atoms with van der Waals surface area (Å²) in [4.78, 5) is 33.0. The van der Waals surface area contributed by atoms with Gasteiger partial charge in [0.25, 0.3) is 0 Å². The molecule has 0 fully saturated rings. The zero-order valence-electron chi connectivity index (χ0n) is 19.5. The molecule has 0 unspecified atom stereocenters. The van der Waals surface area contributed by atoms with Crippen LogP contribution >= 0.6 is 11.8 Å². The van der Waals surface area contributed by atoms with Crippen molar-refractivity contribution in [3.8, 4) is 0 Å². The average molecular weight is 511 g/mol. The Labute approximate surface area is 212 Å². The van der Waals surface area contributed by atoms with Gasteiger partial charge in [0.05, 0.1) is 12.8 Å². The first-order chi connectivity index (χ1) is 17.1. The van der Waals surface area contributed by atoms with Gasteiger partial charge in [-0.3, -0.25) is 9.59 Å². The Kier molecular flexibility index (Phi) is 8.52. The van der Waals surface area contributed by atoms with Crippen LogP contribution in [0.4, 0.5) is 0 Å². The molecule has 36 heavy (non-hydrogen) atoms. The van der Waals surface area contributed by atoms with Crippen molar-refractivity contribution in [1.29, 1.82) is 0 Å². The SMILES string of the molecule is CCOC1(c2ccccc2)c2ccccc2Sc2ccccc21.O=C(O)CC(O)(CC(=O)O)C(=O)O. The average Bonchev–Trinajstić information content (AvgIpc) is 2.84. The maximum Gasteiger partial charge on any atom is 0.336 e. The van der Waals surface area contributed by atoms with Gasteiger partial charge in [-0.15, -0.1) is 0 Å². The third-order valence-electron chi connectivity index (χ3n) is 5.58. The number of fused-ring (bicyclic) bond motifs is 2. The van der Waals surface area contributed by atoms with E-state index in [0.29, 0.717) is 6.61 Å². The second kappa shape index (κ2) is 11.4. The number of rotatable bonds is 8. The Morgan fingerprint density at radius 1 is 0.778 bits per heavy atom. The summed E-state index contributed by atoms with van der Waals surface area (Å²) in [5.74, 6) is -5.02. The van der Waals surface area contributed by atoms with Crippen molar-refractivity contribution in [3.05, 3.63) is 95.6 Å². The minimum Gasteiger partial charge on any atom is -0.481 e. The molecule has 0 saturated carbocycles. The van der Waals surface area contributed by atoms with Gasteiger partial charge in [0.15, 0.2) is 5.60 Å². The highest BCUT2D eigenvalue weighted by atomic mass is 32.2. The van der Waals surface area contributed by atoms with Crippen LogP contribution in [0, 0.1) is 0 Å². The van der Waals surface area contributed by atoms with Crippen LogP contribution in [-0.4, -0.2) is 50.5 Å². The molecule has 1 heterocycles. The highest BCUT2D eigenvalue weighted by molar-refractivity contribution is 7.99. The van der Waals surface area contributed by atoms with Gasteiger partial charge in [-0.2, -0.15) is 0 Å². The number of ether oxygens (including phenoxy) is 1. The highest BCUT2D eigenvalue weighted by Crippen LogP contribution is 2.52. The molecule has 0 aliphatic carbocycles. The Balaban J connectivity index is 0.000000240. The van der Waals surface area contributed by atoms with Crippen molar-refractivity contribution in [2.75, 3.05) is 6.61 Å². The standard InChI is InChI=1S/C21H18OS.C6H8O7/c1-2-22-21(16-10-4-3-5-11-16)17-12-6-8-14-19(17)23-20-15-9-7-13-18(20)21;7-3(8)1-6(13,5(11)12)2-4(9)10/h3-15H,2H2,1H3;13H,1-2H2,(H,7,8)(H,9,10)(H,11,12). The summed E-state index contributed by atoms with van der Waals surface area (Å²) >= 11 is 1.83. The lowest BCUT2D eigenvalue weighted by Gasteiger charge is -2.40. The van der Waals surface area contributed by atoms with E-state index < -0.39 is 42.0 Å². The van der Waals surface area contributed by atoms with E-state index in [1.807, 2.05) is 11.8 Å². The van der Waals surface area contributed by atoms with Crippen molar-refractivity contribution < 1.29 is 39.5 Å². The van der Waals surface area contributed by atoms with E-state index in [2.05, 4.69) is 85.8 Å². The zero-order chi connectivity index (χ0) is 26.3. The maximum atomic E-state index is 10.3. The van der Waals surface area contributed by atoms with Crippen LogP contribution in [0.5, 0.6) is 0 Å². The van der Waals surface area contributed by atoms with E-state index in [0.717, 1.165) is 0 Å². The van der Waals surface area contributed by atoms with Crippen molar-refractivity contribution in [2.45, 2.75) is 40.8 Å². The molecule has 3 aromatic rings. The van der Waals surface area contributed by atoms with Gasteiger partial charge in [0.2, 0.25) is 0 Å². The molecule has 0 aromatic heterocycles. The number of carboxylic acids is 3. The van der Waals surface area contributed by atoms with Crippen LogP contribution in [0.2, 0.25) is 0 Å². The Hall–Kier alpha value is -3.66. The molecule has 4 rings (SSSR count). The molecule has 9 heteroatoms. The molecule has 0 radical (unpaired) electrons. The van der Waals surface area contributed by atoms with E-state index in [1.165, 1.54) is 26.5 Å². The van der Waals surface area contributed by atoms with Crippen LogP contribution in [0.1, 0.15) is 36.5 Å². The molecule has 0 amide bonds. The summed E-state index contributed by atoms with van der Waals surface area (Å²) < 4.78 is 6.50. The molecule has 188 valence electrons. The molecule has 0 spiro atoms. The van der Waals surface area contributed by atoms with Gasteiger partial charge in [0.1, 0.15) is 5.60 Å². The number of hydrogen-bond donors (Lipinski definition) is 4. The predicted octanol–water partition coefficient (Wildman–Crippen LogP) is 4.23. The topological polar surface area (TPSA) is 141 Å². The van der Waals surface area contributed by atoms with E-state index in [-0.39, 0.29) is 0 Å². The molecule has 0 saturated heterocycles. The van der Waals surface area contributed by atoms with E-state index in [1.54, 1.807) is 0 Å². The van der Waals surface area contributed by atoms with E-state index in [9.17, 15) is 14.4 Å². The normalized spacial score (nSPS) is 13.4. The van der Waals surface area contributed by atoms with E-state index >= 15 is 0 Å². The summed E-state index contributed by atoms with van der Waals surface area (Å²) in [5, 5.41) is 33.8. The third-order valence-corrected chi connectivity index (χ3v) is 6.73. The van der Waals surface area contributed by atoms with Gasteiger partial charge in [-0.1, -0.05) is 78.5 Å². The number of hydrogen-bond acceptors (Lipinski definition) is 6. The molecule has 1 aliphatic rings. The molecule has 4 N–H and O–H groups in total. The van der Waals surface area contributed by atoms with Crippen molar-refractivity contribution in [1.82, 2.24) is 0 Å². The Morgan fingerprint density at radius 2 is 1.22 bits per heavy atom. The second-order valence-corrected chi connectivity index (χ2v) is 9.14. The van der Waals surface area contributed by atoms with Gasteiger partial charge in [0, 0.05) is 27.5 Å². The van der Waals surface area contributed by atoms with Crippen molar-refractivity contribution in [3.63, 3.8) is 0 Å². The first-order valence-corrected chi connectivity index (χ1v) is 11.9.